The molecular weight excluding hydrogens is 216 g/mol. The third-order valence-electron chi connectivity index (χ3n) is 1.67. The number of nitrogens with two attached hydrogens (primary N) is 2. The van der Waals surface area contributed by atoms with Gasteiger partial charge in [-0.05, 0) is 24.3 Å². The van der Waals surface area contributed by atoms with Crippen LogP contribution in [0.3, 0.4) is 0 Å². The molecule has 0 saturated heterocycles. The second-order valence-corrected chi connectivity index (χ2v) is 4.37. The standard InChI is InChI=1S/C8H12N4O2S/c1-11-6-2-4-7(5-3-6)15(13,14)12-8(9)10/h2-5,11H,1H3,(H4,9,10,12). The van der Waals surface area contributed by atoms with E-state index in [0.717, 1.165) is 5.69 Å². The minimum absolute atomic E-state index is 0.0508. The summed E-state index contributed by atoms with van der Waals surface area (Å²) in [5, 5.41) is 2.87. The van der Waals surface area contributed by atoms with Crippen molar-refractivity contribution in [2.45, 2.75) is 4.90 Å². The van der Waals surface area contributed by atoms with Gasteiger partial charge in [-0.2, -0.15) is 8.42 Å². The molecule has 15 heavy (non-hydrogen) atoms. The molecule has 0 heterocycles. The average molecular weight is 228 g/mol. The quantitative estimate of drug-likeness (QED) is 0.485. The van der Waals surface area contributed by atoms with Crippen molar-refractivity contribution in [3.05, 3.63) is 24.3 Å². The van der Waals surface area contributed by atoms with E-state index in [9.17, 15) is 8.42 Å². The van der Waals surface area contributed by atoms with Gasteiger partial charge in [-0.15, -0.1) is 4.40 Å². The van der Waals surface area contributed by atoms with Gasteiger partial charge < -0.3 is 16.8 Å². The molecule has 7 heteroatoms. The Kier molecular flexibility index (Phi) is 3.15. The van der Waals surface area contributed by atoms with Crippen molar-refractivity contribution in [3.8, 4) is 0 Å². The number of anilines is 1. The van der Waals surface area contributed by atoms with Gasteiger partial charge in [-0.1, -0.05) is 0 Å². The number of hydrogen-bond donors (Lipinski definition) is 3. The van der Waals surface area contributed by atoms with Crippen molar-refractivity contribution in [1.82, 2.24) is 0 Å². The van der Waals surface area contributed by atoms with Crippen LogP contribution in [0.2, 0.25) is 0 Å². The van der Waals surface area contributed by atoms with E-state index in [1.807, 2.05) is 0 Å². The predicted octanol–water partition coefficient (Wildman–Crippen LogP) is -0.310. The van der Waals surface area contributed by atoms with Gasteiger partial charge in [0.25, 0.3) is 10.0 Å². The van der Waals surface area contributed by atoms with E-state index < -0.39 is 16.0 Å². The Labute approximate surface area is 88.0 Å². The maximum atomic E-state index is 11.5. The lowest BCUT2D eigenvalue weighted by Gasteiger charge is -2.01. The van der Waals surface area contributed by atoms with Crippen LogP contribution in [-0.2, 0) is 10.0 Å². The molecule has 1 aromatic carbocycles. The summed E-state index contributed by atoms with van der Waals surface area (Å²) in [7, 11) is -2.04. The summed E-state index contributed by atoms with van der Waals surface area (Å²) >= 11 is 0. The van der Waals surface area contributed by atoms with Gasteiger partial charge in [-0.25, -0.2) is 0 Å². The second-order valence-electron chi connectivity index (χ2n) is 2.77. The lowest BCUT2D eigenvalue weighted by atomic mass is 10.3. The van der Waals surface area contributed by atoms with Crippen LogP contribution in [0.4, 0.5) is 5.69 Å². The fourth-order valence-corrected chi connectivity index (χ4v) is 1.85. The van der Waals surface area contributed by atoms with E-state index in [-0.39, 0.29) is 4.90 Å². The molecule has 1 rings (SSSR count). The summed E-state index contributed by atoms with van der Waals surface area (Å²) in [6, 6.07) is 6.09. The molecule has 0 aliphatic carbocycles. The molecule has 0 bridgehead atoms. The molecule has 0 aliphatic heterocycles. The largest absolute Gasteiger partial charge is 0.388 e. The molecule has 82 valence electrons. The van der Waals surface area contributed by atoms with Crippen LogP contribution in [-0.4, -0.2) is 21.4 Å². The minimum Gasteiger partial charge on any atom is -0.388 e. The van der Waals surface area contributed by atoms with Crippen molar-refractivity contribution >= 4 is 21.7 Å². The summed E-state index contributed by atoms with van der Waals surface area (Å²) in [4.78, 5) is 0.0508. The topological polar surface area (TPSA) is 111 Å². The van der Waals surface area contributed by atoms with E-state index in [2.05, 4.69) is 9.71 Å². The molecule has 0 fully saturated rings. The van der Waals surface area contributed by atoms with Crippen LogP contribution in [0, 0.1) is 0 Å². The van der Waals surface area contributed by atoms with Crippen LogP contribution in [0.1, 0.15) is 0 Å². The molecule has 6 nitrogen and oxygen atoms in total. The first kappa shape index (κ1) is 11.3. The van der Waals surface area contributed by atoms with Gasteiger partial charge >= 0.3 is 0 Å². The Morgan fingerprint density at radius 3 is 2.20 bits per heavy atom. The van der Waals surface area contributed by atoms with E-state index in [0.29, 0.717) is 0 Å². The molecular formula is C8H12N4O2S. The molecule has 0 aromatic heterocycles. The molecule has 1 aromatic rings. The first-order chi connectivity index (χ1) is 6.95. The van der Waals surface area contributed by atoms with Crippen LogP contribution < -0.4 is 16.8 Å². The maximum Gasteiger partial charge on any atom is 0.285 e. The van der Waals surface area contributed by atoms with Gasteiger partial charge in [-0.3, -0.25) is 0 Å². The third-order valence-corrected chi connectivity index (χ3v) is 2.99. The van der Waals surface area contributed by atoms with Crippen LogP contribution in [0.15, 0.2) is 33.6 Å². The number of hydrogen-bond acceptors (Lipinski definition) is 3. The van der Waals surface area contributed by atoms with Gasteiger partial charge in [0.05, 0.1) is 4.90 Å². The summed E-state index contributed by atoms with van der Waals surface area (Å²) in [5.41, 5.74) is 10.8. The molecule has 0 unspecified atom stereocenters. The van der Waals surface area contributed by atoms with Crippen molar-refractivity contribution in [3.63, 3.8) is 0 Å². The molecule has 0 amide bonds. The highest BCUT2D eigenvalue weighted by atomic mass is 32.2. The summed E-state index contributed by atoms with van der Waals surface area (Å²) in [5.74, 6) is -0.479. The number of guanidine groups is 1. The Morgan fingerprint density at radius 2 is 1.80 bits per heavy atom. The van der Waals surface area contributed by atoms with Gasteiger partial charge in [0.1, 0.15) is 0 Å². The second kappa shape index (κ2) is 4.18. The van der Waals surface area contributed by atoms with Gasteiger partial charge in [0, 0.05) is 12.7 Å². The molecule has 0 atom stereocenters. The minimum atomic E-state index is -3.77. The van der Waals surface area contributed by atoms with Crippen LogP contribution in [0.25, 0.3) is 0 Å². The monoisotopic (exact) mass is 228 g/mol. The summed E-state index contributed by atoms with van der Waals surface area (Å²) in [6.45, 7) is 0. The van der Waals surface area contributed by atoms with Crippen molar-refractivity contribution in [2.75, 3.05) is 12.4 Å². The molecule has 0 spiro atoms. The lowest BCUT2D eigenvalue weighted by molar-refractivity contribution is 0.598. The number of sulfonamides is 1. The highest BCUT2D eigenvalue weighted by molar-refractivity contribution is 7.90. The molecule has 0 radical (unpaired) electrons. The zero-order valence-electron chi connectivity index (χ0n) is 8.14. The fraction of sp³-hybridized carbons (Fsp3) is 0.125. The zero-order valence-corrected chi connectivity index (χ0v) is 8.95. The normalized spacial score (nSPS) is 10.7. The molecule has 0 aliphatic rings. The van der Waals surface area contributed by atoms with Crippen LogP contribution in [0.5, 0.6) is 0 Å². The van der Waals surface area contributed by atoms with Crippen molar-refractivity contribution in [2.24, 2.45) is 15.9 Å². The number of nitrogens with one attached hydrogen (secondary N) is 1. The first-order valence-electron chi connectivity index (χ1n) is 4.09. The summed E-state index contributed by atoms with van der Waals surface area (Å²) in [6.07, 6.45) is 0. The maximum absolute atomic E-state index is 11.5. The zero-order chi connectivity index (χ0) is 11.5. The highest BCUT2D eigenvalue weighted by Crippen LogP contribution is 2.15. The first-order valence-corrected chi connectivity index (χ1v) is 5.53. The lowest BCUT2D eigenvalue weighted by Crippen LogP contribution is -2.24. The Bertz CT molecular complexity index is 460. The highest BCUT2D eigenvalue weighted by Gasteiger charge is 2.12. The van der Waals surface area contributed by atoms with Crippen molar-refractivity contribution in [1.29, 1.82) is 0 Å². The van der Waals surface area contributed by atoms with E-state index in [4.69, 9.17) is 11.5 Å². The fourth-order valence-electron chi connectivity index (χ4n) is 0.985. The van der Waals surface area contributed by atoms with Gasteiger partial charge in [0.15, 0.2) is 0 Å². The van der Waals surface area contributed by atoms with E-state index in [1.165, 1.54) is 12.1 Å². The third kappa shape index (κ3) is 2.84. The Hall–Kier alpha value is -1.76. The SMILES string of the molecule is CNc1ccc(S(=O)(=O)N=C(N)N)cc1. The predicted molar refractivity (Wildman–Crippen MR) is 59.0 cm³/mol. The van der Waals surface area contributed by atoms with E-state index >= 15 is 0 Å². The Morgan fingerprint density at radius 1 is 1.27 bits per heavy atom. The molecule has 5 N–H and O–H groups in total. The average Bonchev–Trinajstić information content (AvgIpc) is 2.16. The van der Waals surface area contributed by atoms with Crippen LogP contribution >= 0.6 is 0 Å². The summed E-state index contributed by atoms with van der Waals surface area (Å²) < 4.78 is 26.1. The van der Waals surface area contributed by atoms with Crippen molar-refractivity contribution < 1.29 is 8.42 Å². The van der Waals surface area contributed by atoms with Gasteiger partial charge in [0.2, 0.25) is 5.96 Å². The Balaban J connectivity index is 3.12. The number of nitrogens with zero attached hydrogens (tertiary/aromatic N) is 1. The number of rotatable bonds is 3. The van der Waals surface area contributed by atoms with E-state index in [1.54, 1.807) is 19.2 Å². The molecule has 0 saturated carbocycles. The number of benzene rings is 1. The smallest absolute Gasteiger partial charge is 0.285 e.